The minimum atomic E-state index is -0.246. The zero-order chi connectivity index (χ0) is 19.3. The summed E-state index contributed by atoms with van der Waals surface area (Å²) in [5.41, 5.74) is 2.07. The third-order valence-corrected chi connectivity index (χ3v) is 4.50. The van der Waals surface area contributed by atoms with E-state index in [9.17, 15) is 4.79 Å². The van der Waals surface area contributed by atoms with Crippen LogP contribution in [0, 0.1) is 0 Å². The number of H-pyrrole nitrogens is 1. The first-order valence-corrected chi connectivity index (χ1v) is 9.24. The minimum Gasteiger partial charge on any atom is -0.494 e. The lowest BCUT2D eigenvalue weighted by atomic mass is 10.1. The number of aryl methyl sites for hydroxylation is 1. The van der Waals surface area contributed by atoms with E-state index in [0.29, 0.717) is 39.8 Å². The number of hydrogen-bond acceptors (Lipinski definition) is 5. The summed E-state index contributed by atoms with van der Waals surface area (Å²) in [5.74, 6) is 1.02. The van der Waals surface area contributed by atoms with E-state index in [0.717, 1.165) is 12.8 Å². The first kappa shape index (κ1) is 20.8. The summed E-state index contributed by atoms with van der Waals surface area (Å²) in [6.45, 7) is 0.559. The van der Waals surface area contributed by atoms with Crippen LogP contribution >= 0.6 is 24.0 Å². The fraction of sp³-hybridized carbons (Fsp3) is 0.143. The molecule has 4 aromatic rings. The summed E-state index contributed by atoms with van der Waals surface area (Å²) >= 11 is 5.99. The van der Waals surface area contributed by atoms with Crippen molar-refractivity contribution in [1.82, 2.24) is 19.9 Å². The standard InChI is InChI=1S/C21H17ClN4O2.ClH/c22-15-7-10-24-19(12-15)20-25-18-4-3-16(13-17(18)21(27)26-20)28-11-1-2-14-5-8-23-9-6-14;/h3-10,12-13H,1-2,11H2,(H,25,26,27);1H. The average molecular weight is 429 g/mol. The normalized spacial score (nSPS) is 10.5. The molecule has 148 valence electrons. The van der Waals surface area contributed by atoms with Crippen molar-refractivity contribution in [1.29, 1.82) is 0 Å². The number of aromatic amines is 1. The fourth-order valence-electron chi connectivity index (χ4n) is 2.88. The molecule has 0 unspecified atom stereocenters. The van der Waals surface area contributed by atoms with Crippen LogP contribution in [-0.4, -0.2) is 26.5 Å². The molecule has 0 bridgehead atoms. The Kier molecular flexibility index (Phi) is 6.80. The number of nitrogens with one attached hydrogen (secondary N) is 1. The number of benzene rings is 1. The lowest BCUT2D eigenvalue weighted by Gasteiger charge is -2.08. The Morgan fingerprint density at radius 3 is 2.66 bits per heavy atom. The second kappa shape index (κ2) is 9.49. The van der Waals surface area contributed by atoms with Gasteiger partial charge in [0.2, 0.25) is 0 Å². The van der Waals surface area contributed by atoms with Crippen LogP contribution in [0.15, 0.2) is 65.8 Å². The average Bonchev–Trinajstić information content (AvgIpc) is 2.72. The fourth-order valence-corrected chi connectivity index (χ4v) is 3.04. The maximum atomic E-state index is 12.5. The molecule has 8 heteroatoms. The highest BCUT2D eigenvalue weighted by molar-refractivity contribution is 6.30. The van der Waals surface area contributed by atoms with E-state index in [1.165, 1.54) is 5.56 Å². The van der Waals surface area contributed by atoms with Crippen molar-refractivity contribution in [3.63, 3.8) is 0 Å². The van der Waals surface area contributed by atoms with Crippen molar-refractivity contribution >= 4 is 34.9 Å². The molecule has 29 heavy (non-hydrogen) atoms. The highest BCUT2D eigenvalue weighted by Gasteiger charge is 2.09. The maximum absolute atomic E-state index is 12.5. The monoisotopic (exact) mass is 428 g/mol. The molecule has 3 aromatic heterocycles. The van der Waals surface area contributed by atoms with Crippen LogP contribution in [0.2, 0.25) is 5.02 Å². The number of nitrogens with zero attached hydrogens (tertiary/aromatic N) is 3. The van der Waals surface area contributed by atoms with Crippen molar-refractivity contribution in [2.75, 3.05) is 6.61 Å². The summed E-state index contributed by atoms with van der Waals surface area (Å²) in [7, 11) is 0. The Bertz CT molecular complexity index is 1170. The molecule has 3 heterocycles. The van der Waals surface area contributed by atoms with Gasteiger partial charge in [0.1, 0.15) is 11.4 Å². The Hall–Kier alpha value is -2.96. The largest absolute Gasteiger partial charge is 0.494 e. The van der Waals surface area contributed by atoms with Gasteiger partial charge in [-0.2, -0.15) is 0 Å². The SMILES string of the molecule is Cl.O=c1[nH]c(-c2cc(Cl)ccn2)nc2ccc(OCCCc3ccncc3)cc12. The van der Waals surface area contributed by atoms with E-state index < -0.39 is 0 Å². The number of hydrogen-bond donors (Lipinski definition) is 1. The van der Waals surface area contributed by atoms with Crippen molar-refractivity contribution in [2.45, 2.75) is 12.8 Å². The first-order chi connectivity index (χ1) is 13.7. The lowest BCUT2D eigenvalue weighted by Crippen LogP contribution is -2.10. The van der Waals surface area contributed by atoms with Gasteiger partial charge in [-0.1, -0.05) is 11.6 Å². The molecule has 0 spiro atoms. The van der Waals surface area contributed by atoms with Gasteiger partial charge in [-0.25, -0.2) is 4.98 Å². The second-order valence-corrected chi connectivity index (χ2v) is 6.70. The Balaban J connectivity index is 0.00000240. The summed E-state index contributed by atoms with van der Waals surface area (Å²) in [5, 5.41) is 1.00. The highest BCUT2D eigenvalue weighted by atomic mass is 35.5. The van der Waals surface area contributed by atoms with Gasteiger partial charge in [0.15, 0.2) is 5.82 Å². The smallest absolute Gasteiger partial charge is 0.259 e. The number of rotatable bonds is 6. The summed E-state index contributed by atoms with van der Waals surface area (Å²) in [6, 6.07) is 12.6. The van der Waals surface area contributed by atoms with Crippen LogP contribution in [-0.2, 0) is 6.42 Å². The van der Waals surface area contributed by atoms with Crippen LogP contribution in [0.25, 0.3) is 22.4 Å². The molecule has 1 aromatic carbocycles. The summed E-state index contributed by atoms with van der Waals surface area (Å²) in [6.07, 6.45) is 6.92. The topological polar surface area (TPSA) is 80.8 Å². The molecule has 0 atom stereocenters. The van der Waals surface area contributed by atoms with Gasteiger partial charge >= 0.3 is 0 Å². The molecule has 4 rings (SSSR count). The summed E-state index contributed by atoms with van der Waals surface area (Å²) in [4.78, 5) is 28.0. The molecular formula is C21H18Cl2N4O2. The highest BCUT2D eigenvalue weighted by Crippen LogP contribution is 2.21. The van der Waals surface area contributed by atoms with Crippen LogP contribution in [0.4, 0.5) is 0 Å². The molecule has 0 aliphatic rings. The third kappa shape index (κ3) is 5.10. The number of aromatic nitrogens is 4. The lowest BCUT2D eigenvalue weighted by molar-refractivity contribution is 0.311. The first-order valence-electron chi connectivity index (χ1n) is 8.87. The van der Waals surface area contributed by atoms with E-state index in [1.54, 1.807) is 42.9 Å². The van der Waals surface area contributed by atoms with E-state index in [1.807, 2.05) is 18.2 Å². The molecule has 0 saturated heterocycles. The quantitative estimate of drug-likeness (QED) is 0.458. The Morgan fingerprint density at radius 2 is 1.86 bits per heavy atom. The van der Waals surface area contributed by atoms with E-state index in [-0.39, 0.29) is 18.0 Å². The Morgan fingerprint density at radius 1 is 1.03 bits per heavy atom. The molecule has 0 saturated carbocycles. The zero-order valence-electron chi connectivity index (χ0n) is 15.3. The molecule has 0 aliphatic heterocycles. The van der Waals surface area contributed by atoms with Crippen molar-refractivity contribution in [3.05, 3.63) is 82.0 Å². The molecular weight excluding hydrogens is 411 g/mol. The van der Waals surface area contributed by atoms with Crippen LogP contribution < -0.4 is 10.3 Å². The number of halogens is 2. The minimum absolute atomic E-state index is 0. The van der Waals surface area contributed by atoms with Gasteiger partial charge in [-0.3, -0.25) is 14.8 Å². The van der Waals surface area contributed by atoms with E-state index in [2.05, 4.69) is 19.9 Å². The molecule has 1 N–H and O–H groups in total. The molecule has 6 nitrogen and oxygen atoms in total. The number of pyridine rings is 2. The van der Waals surface area contributed by atoms with Gasteiger partial charge in [-0.15, -0.1) is 12.4 Å². The third-order valence-electron chi connectivity index (χ3n) is 4.27. The van der Waals surface area contributed by atoms with Gasteiger partial charge in [0.25, 0.3) is 5.56 Å². The Labute approximate surface area is 178 Å². The predicted octanol–water partition coefficient (Wildman–Crippen LogP) is 4.47. The number of ether oxygens (including phenoxy) is 1. The van der Waals surface area contributed by atoms with Gasteiger partial charge in [0.05, 0.1) is 17.5 Å². The molecule has 0 radical (unpaired) electrons. The van der Waals surface area contributed by atoms with Crippen LogP contribution in [0.3, 0.4) is 0 Å². The van der Waals surface area contributed by atoms with Crippen molar-refractivity contribution < 1.29 is 4.74 Å². The van der Waals surface area contributed by atoms with E-state index in [4.69, 9.17) is 16.3 Å². The van der Waals surface area contributed by atoms with Crippen LogP contribution in [0.5, 0.6) is 5.75 Å². The van der Waals surface area contributed by atoms with Crippen LogP contribution in [0.1, 0.15) is 12.0 Å². The molecule has 0 fully saturated rings. The maximum Gasteiger partial charge on any atom is 0.259 e. The van der Waals surface area contributed by atoms with Crippen molar-refractivity contribution in [3.8, 4) is 17.3 Å². The van der Waals surface area contributed by atoms with Gasteiger partial charge in [-0.05, 0) is 60.9 Å². The predicted molar refractivity (Wildman–Crippen MR) is 116 cm³/mol. The van der Waals surface area contributed by atoms with Gasteiger partial charge < -0.3 is 9.72 Å². The van der Waals surface area contributed by atoms with Gasteiger partial charge in [0, 0.05) is 23.6 Å². The molecule has 0 aliphatic carbocycles. The zero-order valence-corrected chi connectivity index (χ0v) is 16.9. The second-order valence-electron chi connectivity index (χ2n) is 6.26. The summed E-state index contributed by atoms with van der Waals surface area (Å²) < 4.78 is 5.80. The molecule has 0 amide bonds. The number of fused-ring (bicyclic) bond motifs is 1. The van der Waals surface area contributed by atoms with Crippen molar-refractivity contribution in [2.24, 2.45) is 0 Å². The van der Waals surface area contributed by atoms with E-state index >= 15 is 0 Å².